The molecule has 2 N–H and O–H groups in total. The van der Waals surface area contributed by atoms with Crippen molar-refractivity contribution in [1.29, 1.82) is 0 Å². The number of nitrogens with two attached hydrogens (primary N) is 1. The van der Waals surface area contributed by atoms with Gasteiger partial charge in [0, 0.05) is 22.7 Å². The number of hydrogen-bond donors (Lipinski definition) is 1. The second kappa shape index (κ2) is 9.26. The highest BCUT2D eigenvalue weighted by molar-refractivity contribution is 7.12. The van der Waals surface area contributed by atoms with Gasteiger partial charge in [-0.05, 0) is 35.4 Å². The lowest BCUT2D eigenvalue weighted by Crippen LogP contribution is -2.26. The molecule has 0 atom stereocenters. The summed E-state index contributed by atoms with van der Waals surface area (Å²) in [5.74, 6) is -0.269. The first kappa shape index (κ1) is 21.8. The zero-order valence-corrected chi connectivity index (χ0v) is 16.4. The Morgan fingerprint density at radius 3 is 2.50 bits per heavy atom. The molecule has 11 heteroatoms. The molecule has 6 nitrogen and oxygen atoms in total. The predicted octanol–water partition coefficient (Wildman–Crippen LogP) is 3.46. The molecule has 0 spiro atoms. The average Bonchev–Trinajstić information content (AvgIpc) is 3.27. The Morgan fingerprint density at radius 2 is 1.87 bits per heavy atom. The number of hydrogen-bond acceptors (Lipinski definition) is 5. The molecule has 2 heterocycles. The summed E-state index contributed by atoms with van der Waals surface area (Å²) >= 11 is 1.48. The molecule has 3 rings (SSSR count). The largest absolute Gasteiger partial charge is 0.573 e. The van der Waals surface area contributed by atoms with Gasteiger partial charge in [-0.2, -0.15) is 5.10 Å². The van der Waals surface area contributed by atoms with Crippen molar-refractivity contribution in [2.45, 2.75) is 25.9 Å². The van der Waals surface area contributed by atoms with Gasteiger partial charge in [-0.1, -0.05) is 12.1 Å². The number of halogens is 4. The van der Waals surface area contributed by atoms with Gasteiger partial charge in [-0.25, -0.2) is 13.9 Å². The van der Waals surface area contributed by atoms with E-state index in [1.165, 1.54) is 34.4 Å². The Balaban J connectivity index is 1.63. The lowest BCUT2D eigenvalue weighted by molar-refractivity contribution is -0.274. The van der Waals surface area contributed by atoms with Crippen LogP contribution >= 0.6 is 11.3 Å². The van der Waals surface area contributed by atoms with Crippen LogP contribution in [0, 0.1) is 0 Å². The Hall–Kier alpha value is -2.92. The van der Waals surface area contributed by atoms with Crippen LogP contribution in [0.4, 0.5) is 17.6 Å². The molecule has 3 aromatic rings. The van der Waals surface area contributed by atoms with Crippen molar-refractivity contribution in [2.24, 2.45) is 5.73 Å². The van der Waals surface area contributed by atoms with Gasteiger partial charge in [0.15, 0.2) is 0 Å². The maximum absolute atomic E-state index is 12.7. The Bertz CT molecular complexity index is 1070. The van der Waals surface area contributed by atoms with Gasteiger partial charge in [-0.3, -0.25) is 4.57 Å². The summed E-state index contributed by atoms with van der Waals surface area (Å²) in [6, 6.07) is 9.45. The highest BCUT2D eigenvalue weighted by Crippen LogP contribution is 2.25. The summed E-state index contributed by atoms with van der Waals surface area (Å²) in [5, 5.41) is 3.97. The van der Waals surface area contributed by atoms with E-state index in [-0.39, 0.29) is 30.1 Å². The standard InChI is InChI=1S/C19H18F4N4O2S/c20-8-14(9-24)10-27-18(28)26(12-25-27)11-17-6-5-16(30-17)7-13-1-3-15(4-2-13)29-19(21,22)23/h1-6,8,12H,7,9-11,24H2/b14-8+. The van der Waals surface area contributed by atoms with Crippen LogP contribution in [0.3, 0.4) is 0 Å². The normalized spacial score (nSPS) is 12.4. The summed E-state index contributed by atoms with van der Waals surface area (Å²) in [4.78, 5) is 14.2. The maximum Gasteiger partial charge on any atom is 0.573 e. The summed E-state index contributed by atoms with van der Waals surface area (Å²) in [6.07, 6.45) is -2.43. The van der Waals surface area contributed by atoms with E-state index in [1.54, 1.807) is 12.1 Å². The molecular weight excluding hydrogens is 424 g/mol. The molecule has 2 aromatic heterocycles. The highest BCUT2D eigenvalue weighted by Gasteiger charge is 2.30. The third-order valence-electron chi connectivity index (χ3n) is 4.15. The minimum absolute atomic E-state index is 0.00655. The molecule has 0 saturated carbocycles. The Kier molecular flexibility index (Phi) is 6.73. The van der Waals surface area contributed by atoms with E-state index in [9.17, 15) is 22.4 Å². The van der Waals surface area contributed by atoms with E-state index in [0.29, 0.717) is 19.3 Å². The van der Waals surface area contributed by atoms with Gasteiger partial charge in [-0.15, -0.1) is 24.5 Å². The molecule has 0 aliphatic heterocycles. The molecule has 0 saturated heterocycles. The Morgan fingerprint density at radius 1 is 1.17 bits per heavy atom. The summed E-state index contributed by atoms with van der Waals surface area (Å²) in [7, 11) is 0. The molecule has 30 heavy (non-hydrogen) atoms. The fourth-order valence-electron chi connectivity index (χ4n) is 2.70. The van der Waals surface area contributed by atoms with Crippen LogP contribution < -0.4 is 16.2 Å². The SMILES string of the molecule is NC/C(=C\F)Cn1ncn(Cc2ccc(Cc3ccc(OC(F)(F)F)cc3)s2)c1=O. The fourth-order valence-corrected chi connectivity index (χ4v) is 3.76. The van der Waals surface area contributed by atoms with Crippen molar-refractivity contribution in [1.82, 2.24) is 14.3 Å². The van der Waals surface area contributed by atoms with Crippen LogP contribution in [0.2, 0.25) is 0 Å². The molecule has 0 unspecified atom stereocenters. The smallest absolute Gasteiger partial charge is 0.406 e. The van der Waals surface area contributed by atoms with Crippen molar-refractivity contribution in [3.8, 4) is 5.75 Å². The van der Waals surface area contributed by atoms with E-state index < -0.39 is 6.36 Å². The van der Waals surface area contributed by atoms with E-state index in [4.69, 9.17) is 5.73 Å². The fraction of sp³-hybridized carbons (Fsp3) is 0.263. The van der Waals surface area contributed by atoms with E-state index in [2.05, 4.69) is 9.84 Å². The van der Waals surface area contributed by atoms with Gasteiger partial charge in [0.25, 0.3) is 0 Å². The number of aromatic nitrogens is 3. The minimum Gasteiger partial charge on any atom is -0.406 e. The van der Waals surface area contributed by atoms with Gasteiger partial charge in [0.05, 0.1) is 19.4 Å². The average molecular weight is 442 g/mol. The monoisotopic (exact) mass is 442 g/mol. The third-order valence-corrected chi connectivity index (χ3v) is 5.22. The second-order valence-corrected chi connectivity index (χ2v) is 7.66. The quantitative estimate of drug-likeness (QED) is 0.543. The molecular formula is C19H18F4N4O2S. The molecule has 0 amide bonds. The van der Waals surface area contributed by atoms with Crippen LogP contribution in [0.15, 0.2) is 59.4 Å². The van der Waals surface area contributed by atoms with Crippen molar-refractivity contribution in [3.63, 3.8) is 0 Å². The van der Waals surface area contributed by atoms with E-state index >= 15 is 0 Å². The molecule has 1 aromatic carbocycles. The van der Waals surface area contributed by atoms with Crippen molar-refractivity contribution < 1.29 is 22.3 Å². The minimum atomic E-state index is -4.72. The van der Waals surface area contributed by atoms with Crippen molar-refractivity contribution >= 4 is 11.3 Å². The van der Waals surface area contributed by atoms with Crippen molar-refractivity contribution in [2.75, 3.05) is 6.54 Å². The van der Waals surface area contributed by atoms with Crippen molar-refractivity contribution in [3.05, 3.63) is 80.4 Å². The zero-order valence-electron chi connectivity index (χ0n) is 15.6. The molecule has 0 aliphatic carbocycles. The lowest BCUT2D eigenvalue weighted by atomic mass is 10.1. The molecule has 0 radical (unpaired) electrons. The first-order valence-electron chi connectivity index (χ1n) is 8.80. The van der Waals surface area contributed by atoms with Gasteiger partial charge >= 0.3 is 12.1 Å². The summed E-state index contributed by atoms with van der Waals surface area (Å²) in [5.41, 5.74) is 6.11. The first-order valence-corrected chi connectivity index (χ1v) is 9.62. The molecule has 0 bridgehead atoms. The van der Waals surface area contributed by atoms with Gasteiger partial charge in [0.2, 0.25) is 0 Å². The number of ether oxygens (including phenoxy) is 1. The summed E-state index contributed by atoms with van der Waals surface area (Å²) < 4.78 is 55.7. The second-order valence-electron chi connectivity index (χ2n) is 6.41. The topological polar surface area (TPSA) is 75.1 Å². The number of benzene rings is 1. The van der Waals surface area contributed by atoms with Crippen LogP contribution in [0.1, 0.15) is 15.3 Å². The van der Waals surface area contributed by atoms with Gasteiger partial charge in [0.1, 0.15) is 12.1 Å². The Labute approximate surface area is 172 Å². The number of nitrogens with zero attached hydrogens (tertiary/aromatic N) is 3. The summed E-state index contributed by atoms with van der Waals surface area (Å²) in [6.45, 7) is 0.287. The number of alkyl halides is 3. The number of rotatable bonds is 8. The number of thiophene rings is 1. The van der Waals surface area contributed by atoms with E-state index in [1.807, 2.05) is 12.1 Å². The zero-order chi connectivity index (χ0) is 21.7. The molecule has 0 aliphatic rings. The first-order chi connectivity index (χ1) is 14.3. The highest BCUT2D eigenvalue weighted by atomic mass is 32.1. The predicted molar refractivity (Wildman–Crippen MR) is 104 cm³/mol. The third kappa shape index (κ3) is 5.80. The van der Waals surface area contributed by atoms with Crippen LogP contribution in [-0.4, -0.2) is 27.3 Å². The van der Waals surface area contributed by atoms with Crippen LogP contribution in [0.5, 0.6) is 5.75 Å². The molecule has 160 valence electrons. The maximum atomic E-state index is 12.7. The van der Waals surface area contributed by atoms with Crippen LogP contribution in [-0.2, 0) is 19.5 Å². The van der Waals surface area contributed by atoms with Gasteiger partial charge < -0.3 is 10.5 Å². The van der Waals surface area contributed by atoms with Crippen LogP contribution in [0.25, 0.3) is 0 Å². The lowest BCUT2D eigenvalue weighted by Gasteiger charge is -2.09. The molecule has 0 fully saturated rings. The van der Waals surface area contributed by atoms with E-state index in [0.717, 1.165) is 20.0 Å².